The first-order valence-electron chi connectivity index (χ1n) is 8.11. The number of hydrogen-bond acceptors (Lipinski definition) is 2. The van der Waals surface area contributed by atoms with Crippen LogP contribution in [0.15, 0.2) is 0 Å². The summed E-state index contributed by atoms with van der Waals surface area (Å²) in [6, 6.07) is 0.0639. The number of carbonyl (C=O) groups excluding carboxylic acids is 1. The molecule has 2 rings (SSSR count). The summed E-state index contributed by atoms with van der Waals surface area (Å²) in [7, 11) is 0. The number of rotatable bonds is 3. The lowest BCUT2D eigenvalue weighted by Gasteiger charge is -2.34. The zero-order valence-corrected chi connectivity index (χ0v) is 12.5. The van der Waals surface area contributed by atoms with E-state index in [1.165, 1.54) is 32.1 Å². The first-order chi connectivity index (χ1) is 9.08. The van der Waals surface area contributed by atoms with Gasteiger partial charge in [0.25, 0.3) is 0 Å². The van der Waals surface area contributed by atoms with Crippen molar-refractivity contribution < 1.29 is 4.79 Å². The minimum atomic E-state index is 0.0368. The molecule has 19 heavy (non-hydrogen) atoms. The summed E-state index contributed by atoms with van der Waals surface area (Å²) in [5, 5.41) is 3.18. The number of nitrogens with two attached hydrogens (primary N) is 1. The third-order valence-electron chi connectivity index (χ3n) is 5.18. The minimum Gasteiger partial charge on any atom is -0.356 e. The van der Waals surface area contributed by atoms with Crippen molar-refractivity contribution >= 4 is 5.91 Å². The van der Waals surface area contributed by atoms with Gasteiger partial charge in [-0.05, 0) is 43.4 Å². The summed E-state index contributed by atoms with van der Waals surface area (Å²) >= 11 is 0. The molecule has 0 spiro atoms. The normalized spacial score (nSPS) is 39.8. The molecular formula is C16H30N2O. The Morgan fingerprint density at radius 2 is 1.89 bits per heavy atom. The maximum atomic E-state index is 12.4. The van der Waals surface area contributed by atoms with E-state index < -0.39 is 0 Å². The molecule has 3 N–H and O–H groups in total. The van der Waals surface area contributed by atoms with Gasteiger partial charge in [0.1, 0.15) is 0 Å². The molecule has 0 radical (unpaired) electrons. The Morgan fingerprint density at radius 1 is 1.16 bits per heavy atom. The smallest absolute Gasteiger partial charge is 0.224 e. The number of nitrogens with one attached hydrogen (secondary N) is 1. The lowest BCUT2D eigenvalue weighted by Crippen LogP contribution is -2.48. The highest BCUT2D eigenvalue weighted by Crippen LogP contribution is 2.30. The standard InChI is InChI=1S/C16H30N2O/c1-11-5-3-7-13(9-11)10-18-16(19)15-12(2)6-4-8-14(15)17/h11-15H,3-10,17H2,1-2H3,(H,18,19). The van der Waals surface area contributed by atoms with Crippen molar-refractivity contribution in [3.05, 3.63) is 0 Å². The van der Waals surface area contributed by atoms with Gasteiger partial charge in [0.15, 0.2) is 0 Å². The van der Waals surface area contributed by atoms with Crippen LogP contribution in [0.1, 0.15) is 58.8 Å². The number of amides is 1. The molecule has 2 saturated carbocycles. The van der Waals surface area contributed by atoms with E-state index in [1.54, 1.807) is 0 Å². The zero-order chi connectivity index (χ0) is 13.8. The van der Waals surface area contributed by atoms with Gasteiger partial charge in [-0.15, -0.1) is 0 Å². The summed E-state index contributed by atoms with van der Waals surface area (Å²) in [5.74, 6) is 2.19. The second-order valence-electron chi connectivity index (χ2n) is 6.98. The van der Waals surface area contributed by atoms with E-state index >= 15 is 0 Å². The van der Waals surface area contributed by atoms with Crippen molar-refractivity contribution in [1.82, 2.24) is 5.32 Å². The van der Waals surface area contributed by atoms with Crippen LogP contribution in [-0.4, -0.2) is 18.5 Å². The fourth-order valence-corrected chi connectivity index (χ4v) is 4.02. The van der Waals surface area contributed by atoms with E-state index in [4.69, 9.17) is 5.73 Å². The Morgan fingerprint density at radius 3 is 2.58 bits per heavy atom. The molecule has 0 aromatic rings. The summed E-state index contributed by atoms with van der Waals surface area (Å²) in [5.41, 5.74) is 6.14. The van der Waals surface area contributed by atoms with E-state index in [2.05, 4.69) is 19.2 Å². The fraction of sp³-hybridized carbons (Fsp3) is 0.938. The van der Waals surface area contributed by atoms with Crippen LogP contribution in [0.4, 0.5) is 0 Å². The molecular weight excluding hydrogens is 236 g/mol. The van der Waals surface area contributed by atoms with Gasteiger partial charge in [-0.2, -0.15) is 0 Å². The molecule has 2 fully saturated rings. The summed E-state index contributed by atoms with van der Waals surface area (Å²) in [4.78, 5) is 12.4. The highest BCUT2D eigenvalue weighted by Gasteiger charge is 2.34. The van der Waals surface area contributed by atoms with Crippen LogP contribution in [0.25, 0.3) is 0 Å². The van der Waals surface area contributed by atoms with E-state index in [0.29, 0.717) is 11.8 Å². The van der Waals surface area contributed by atoms with Crippen LogP contribution < -0.4 is 11.1 Å². The van der Waals surface area contributed by atoms with Crippen LogP contribution in [-0.2, 0) is 4.79 Å². The molecule has 0 aromatic heterocycles. The predicted molar refractivity (Wildman–Crippen MR) is 78.6 cm³/mol. The van der Waals surface area contributed by atoms with E-state index in [9.17, 15) is 4.79 Å². The van der Waals surface area contributed by atoms with Crippen LogP contribution in [0.3, 0.4) is 0 Å². The average Bonchev–Trinajstić information content (AvgIpc) is 2.36. The molecule has 2 aliphatic carbocycles. The van der Waals surface area contributed by atoms with Crippen molar-refractivity contribution in [3.63, 3.8) is 0 Å². The lowest BCUT2D eigenvalue weighted by molar-refractivity contribution is -0.128. The van der Waals surface area contributed by atoms with Gasteiger partial charge in [0, 0.05) is 12.6 Å². The highest BCUT2D eigenvalue weighted by atomic mass is 16.1. The minimum absolute atomic E-state index is 0.0368. The van der Waals surface area contributed by atoms with Gasteiger partial charge in [0.05, 0.1) is 5.92 Å². The Balaban J connectivity index is 1.79. The van der Waals surface area contributed by atoms with Crippen molar-refractivity contribution in [2.45, 2.75) is 64.8 Å². The molecule has 1 amide bonds. The average molecular weight is 266 g/mol. The van der Waals surface area contributed by atoms with Gasteiger partial charge in [-0.3, -0.25) is 4.79 Å². The second kappa shape index (κ2) is 6.74. The summed E-state index contributed by atoms with van der Waals surface area (Å²) in [6.45, 7) is 5.36. The number of hydrogen-bond donors (Lipinski definition) is 2. The second-order valence-corrected chi connectivity index (χ2v) is 6.98. The Labute approximate surface area is 117 Å². The van der Waals surface area contributed by atoms with E-state index in [-0.39, 0.29) is 17.9 Å². The molecule has 5 unspecified atom stereocenters. The first-order valence-corrected chi connectivity index (χ1v) is 8.11. The zero-order valence-electron chi connectivity index (χ0n) is 12.5. The SMILES string of the molecule is CC1CCCC(CNC(=O)C2C(C)CCCC2N)C1. The van der Waals surface area contributed by atoms with Crippen molar-refractivity contribution in [2.75, 3.05) is 6.54 Å². The molecule has 3 nitrogen and oxygen atoms in total. The first kappa shape index (κ1) is 14.8. The molecule has 2 aliphatic rings. The summed E-state index contributed by atoms with van der Waals surface area (Å²) in [6.07, 6.45) is 8.54. The van der Waals surface area contributed by atoms with Gasteiger partial charge >= 0.3 is 0 Å². The molecule has 3 heteroatoms. The van der Waals surface area contributed by atoms with Crippen molar-refractivity contribution in [2.24, 2.45) is 29.4 Å². The van der Waals surface area contributed by atoms with Crippen molar-refractivity contribution in [1.29, 1.82) is 0 Å². The molecule has 110 valence electrons. The maximum Gasteiger partial charge on any atom is 0.224 e. The van der Waals surface area contributed by atoms with Gasteiger partial charge in [0.2, 0.25) is 5.91 Å². The van der Waals surface area contributed by atoms with Crippen LogP contribution in [0, 0.1) is 23.7 Å². The molecule has 0 aliphatic heterocycles. The monoisotopic (exact) mass is 266 g/mol. The molecule has 0 saturated heterocycles. The van der Waals surface area contributed by atoms with Gasteiger partial charge in [-0.25, -0.2) is 0 Å². The largest absolute Gasteiger partial charge is 0.356 e. The van der Waals surface area contributed by atoms with Gasteiger partial charge < -0.3 is 11.1 Å². The third kappa shape index (κ3) is 3.95. The molecule has 5 atom stereocenters. The fourth-order valence-electron chi connectivity index (χ4n) is 4.02. The summed E-state index contributed by atoms with van der Waals surface area (Å²) < 4.78 is 0. The van der Waals surface area contributed by atoms with E-state index in [0.717, 1.165) is 25.3 Å². The van der Waals surface area contributed by atoms with Crippen molar-refractivity contribution in [3.8, 4) is 0 Å². The Kier molecular flexibility index (Phi) is 5.26. The Bertz CT molecular complexity index is 295. The lowest BCUT2D eigenvalue weighted by atomic mass is 9.76. The molecule has 0 heterocycles. The van der Waals surface area contributed by atoms with E-state index in [1.807, 2.05) is 0 Å². The number of carbonyl (C=O) groups is 1. The highest BCUT2D eigenvalue weighted by molar-refractivity contribution is 5.79. The topological polar surface area (TPSA) is 55.1 Å². The van der Waals surface area contributed by atoms with Gasteiger partial charge in [-0.1, -0.05) is 33.1 Å². The molecule has 0 aromatic carbocycles. The quantitative estimate of drug-likeness (QED) is 0.825. The molecule has 0 bridgehead atoms. The maximum absolute atomic E-state index is 12.4. The van der Waals surface area contributed by atoms with Crippen LogP contribution >= 0.6 is 0 Å². The third-order valence-corrected chi connectivity index (χ3v) is 5.18. The Hall–Kier alpha value is -0.570. The van der Waals surface area contributed by atoms with Crippen LogP contribution in [0.5, 0.6) is 0 Å². The predicted octanol–water partition coefficient (Wildman–Crippen LogP) is 2.69. The van der Waals surface area contributed by atoms with Crippen LogP contribution in [0.2, 0.25) is 0 Å².